The van der Waals surface area contributed by atoms with Crippen LogP contribution < -0.4 is 9.62 Å². The van der Waals surface area contributed by atoms with Gasteiger partial charge in [0.2, 0.25) is 10.0 Å². The smallest absolute Gasteiger partial charge is 0.261 e. The zero-order valence-corrected chi connectivity index (χ0v) is 15.4. The van der Waals surface area contributed by atoms with Crippen molar-refractivity contribution in [2.24, 2.45) is 0 Å². The predicted octanol–water partition coefficient (Wildman–Crippen LogP) is 1.97. The molecular weight excluding hydrogens is 340 g/mol. The van der Waals surface area contributed by atoms with Crippen molar-refractivity contribution in [3.63, 3.8) is 0 Å². The number of sulfonamides is 1. The number of rotatable bonds is 5. The number of carbonyl (C=O) groups is 1. The molecule has 1 aromatic carbocycles. The number of hydrogen-bond donors (Lipinski definition) is 1. The van der Waals surface area contributed by atoms with Crippen LogP contribution in [0.15, 0.2) is 35.5 Å². The number of aromatic nitrogens is 2. The van der Waals surface area contributed by atoms with Gasteiger partial charge in [0.05, 0.1) is 16.7 Å². The van der Waals surface area contributed by atoms with Crippen molar-refractivity contribution in [3.05, 3.63) is 41.7 Å². The molecule has 1 aliphatic heterocycles. The first-order valence-electron chi connectivity index (χ1n) is 8.32. The van der Waals surface area contributed by atoms with Gasteiger partial charge in [0.15, 0.2) is 0 Å². The summed E-state index contributed by atoms with van der Waals surface area (Å²) in [6.45, 7) is 6.56. The van der Waals surface area contributed by atoms with Gasteiger partial charge in [-0.05, 0) is 38.0 Å². The molecule has 8 heteroatoms. The van der Waals surface area contributed by atoms with Crippen LogP contribution in [0, 0.1) is 0 Å². The third-order valence-corrected chi connectivity index (χ3v) is 5.76. The van der Waals surface area contributed by atoms with Crippen molar-refractivity contribution < 1.29 is 13.2 Å². The molecule has 0 saturated carbocycles. The van der Waals surface area contributed by atoms with E-state index in [0.717, 1.165) is 5.56 Å². The Balaban J connectivity index is 1.93. The van der Waals surface area contributed by atoms with Crippen LogP contribution in [0.5, 0.6) is 0 Å². The largest absolute Gasteiger partial charge is 0.308 e. The first-order valence-corrected chi connectivity index (χ1v) is 9.80. The number of anilines is 1. The van der Waals surface area contributed by atoms with Crippen molar-refractivity contribution in [2.45, 2.75) is 38.1 Å². The lowest BCUT2D eigenvalue weighted by Gasteiger charge is -2.17. The monoisotopic (exact) mass is 362 g/mol. The Labute approximate surface area is 147 Å². The first-order chi connectivity index (χ1) is 11.8. The van der Waals surface area contributed by atoms with E-state index >= 15 is 0 Å². The van der Waals surface area contributed by atoms with Gasteiger partial charge in [0.25, 0.3) is 5.91 Å². The zero-order valence-electron chi connectivity index (χ0n) is 14.6. The highest BCUT2D eigenvalue weighted by molar-refractivity contribution is 7.89. The molecule has 1 aliphatic rings. The molecule has 7 nitrogen and oxygen atoms in total. The maximum Gasteiger partial charge on any atom is 0.261 e. The number of carbonyl (C=O) groups excluding carboxylic acids is 1. The van der Waals surface area contributed by atoms with Crippen molar-refractivity contribution in [2.75, 3.05) is 18.0 Å². The summed E-state index contributed by atoms with van der Waals surface area (Å²) in [5, 5.41) is 4.21. The molecule has 1 amide bonds. The van der Waals surface area contributed by atoms with E-state index in [2.05, 4.69) is 9.82 Å². The minimum Gasteiger partial charge on any atom is -0.308 e. The fourth-order valence-electron chi connectivity index (χ4n) is 2.90. The van der Waals surface area contributed by atoms with Gasteiger partial charge >= 0.3 is 0 Å². The van der Waals surface area contributed by atoms with Crippen molar-refractivity contribution in [1.29, 1.82) is 0 Å². The van der Waals surface area contributed by atoms with Crippen LogP contribution in [0.4, 0.5) is 5.69 Å². The highest BCUT2D eigenvalue weighted by Crippen LogP contribution is 2.31. The lowest BCUT2D eigenvalue weighted by Crippen LogP contribution is -2.29. The highest BCUT2D eigenvalue weighted by Gasteiger charge is 2.28. The second-order valence-corrected chi connectivity index (χ2v) is 8.07. The lowest BCUT2D eigenvalue weighted by molar-refractivity contribution is 0.0989. The SMILES string of the molecule is CCNS(=O)(=O)c1ccc2c(c1)N(C(=O)c1cnn(C(C)C)c1)CC2. The van der Waals surface area contributed by atoms with Crippen LogP contribution in [0.25, 0.3) is 0 Å². The van der Waals surface area contributed by atoms with Gasteiger partial charge in [-0.25, -0.2) is 13.1 Å². The number of fused-ring (bicyclic) bond motifs is 1. The van der Waals surface area contributed by atoms with Gasteiger partial charge < -0.3 is 4.90 Å². The van der Waals surface area contributed by atoms with E-state index in [-0.39, 0.29) is 16.8 Å². The highest BCUT2D eigenvalue weighted by atomic mass is 32.2. The van der Waals surface area contributed by atoms with Gasteiger partial charge in [-0.3, -0.25) is 9.48 Å². The fraction of sp³-hybridized carbons (Fsp3) is 0.412. The predicted molar refractivity (Wildman–Crippen MR) is 95.3 cm³/mol. The van der Waals surface area contributed by atoms with E-state index in [4.69, 9.17) is 0 Å². The fourth-order valence-corrected chi connectivity index (χ4v) is 3.96. The second kappa shape index (κ2) is 6.61. The summed E-state index contributed by atoms with van der Waals surface area (Å²) in [5.74, 6) is -0.163. The molecule has 0 aliphatic carbocycles. The van der Waals surface area contributed by atoms with Gasteiger partial charge in [-0.2, -0.15) is 5.10 Å². The zero-order chi connectivity index (χ0) is 18.2. The quantitative estimate of drug-likeness (QED) is 0.881. The topological polar surface area (TPSA) is 84.3 Å². The molecule has 1 N–H and O–H groups in total. The summed E-state index contributed by atoms with van der Waals surface area (Å²) in [7, 11) is -3.56. The second-order valence-electron chi connectivity index (χ2n) is 6.30. The van der Waals surface area contributed by atoms with Crippen LogP contribution in [0.3, 0.4) is 0 Å². The molecular formula is C17H22N4O3S. The van der Waals surface area contributed by atoms with Crippen LogP contribution in [0.1, 0.15) is 42.7 Å². The Morgan fingerprint density at radius 1 is 1.36 bits per heavy atom. The summed E-state index contributed by atoms with van der Waals surface area (Å²) in [6, 6.07) is 5.11. The van der Waals surface area contributed by atoms with Gasteiger partial charge in [-0.1, -0.05) is 13.0 Å². The minimum atomic E-state index is -3.56. The van der Waals surface area contributed by atoms with Crippen molar-refractivity contribution in [1.82, 2.24) is 14.5 Å². The Morgan fingerprint density at radius 2 is 2.12 bits per heavy atom. The molecule has 0 saturated heterocycles. The van der Waals surface area contributed by atoms with E-state index in [1.165, 1.54) is 0 Å². The van der Waals surface area contributed by atoms with E-state index in [1.807, 2.05) is 13.8 Å². The lowest BCUT2D eigenvalue weighted by atomic mass is 10.2. The summed E-state index contributed by atoms with van der Waals surface area (Å²) >= 11 is 0. The molecule has 0 bridgehead atoms. The molecule has 25 heavy (non-hydrogen) atoms. The summed E-state index contributed by atoms with van der Waals surface area (Å²) < 4.78 is 28.7. The summed E-state index contributed by atoms with van der Waals surface area (Å²) in [5.41, 5.74) is 2.13. The summed E-state index contributed by atoms with van der Waals surface area (Å²) in [6.07, 6.45) is 3.99. The Hall–Kier alpha value is -2.19. The minimum absolute atomic E-state index is 0.163. The van der Waals surface area contributed by atoms with Crippen LogP contribution >= 0.6 is 0 Å². The average molecular weight is 362 g/mol. The Bertz CT molecular complexity index is 902. The van der Waals surface area contributed by atoms with Crippen LogP contribution in [-0.2, 0) is 16.4 Å². The summed E-state index contributed by atoms with van der Waals surface area (Å²) in [4.78, 5) is 14.6. The number of hydrogen-bond acceptors (Lipinski definition) is 4. The standard InChI is InChI=1S/C17H22N4O3S/c1-4-19-25(23,24)15-6-5-13-7-8-20(16(13)9-15)17(22)14-10-18-21(11-14)12(2)3/h5-6,9-12,19H,4,7-8H2,1-3H3. The normalized spacial score (nSPS) is 14.2. The van der Waals surface area contributed by atoms with E-state index in [9.17, 15) is 13.2 Å². The van der Waals surface area contributed by atoms with Crippen molar-refractivity contribution >= 4 is 21.6 Å². The van der Waals surface area contributed by atoms with Crippen LogP contribution in [-0.4, -0.2) is 37.2 Å². The maximum absolute atomic E-state index is 12.8. The first kappa shape index (κ1) is 17.6. The third kappa shape index (κ3) is 3.32. The molecule has 0 spiro atoms. The third-order valence-electron chi connectivity index (χ3n) is 4.22. The molecule has 1 aromatic heterocycles. The number of nitrogens with zero attached hydrogens (tertiary/aromatic N) is 3. The van der Waals surface area contributed by atoms with Crippen LogP contribution in [0.2, 0.25) is 0 Å². The number of nitrogens with one attached hydrogen (secondary N) is 1. The number of benzene rings is 1. The Kier molecular flexibility index (Phi) is 4.66. The van der Waals surface area contributed by atoms with Crippen molar-refractivity contribution in [3.8, 4) is 0 Å². The number of amides is 1. The molecule has 2 heterocycles. The average Bonchev–Trinajstić information content (AvgIpc) is 3.21. The molecule has 0 fully saturated rings. The molecule has 0 radical (unpaired) electrons. The van der Waals surface area contributed by atoms with Gasteiger partial charge in [0, 0.05) is 31.0 Å². The molecule has 3 rings (SSSR count). The molecule has 0 unspecified atom stereocenters. The van der Waals surface area contributed by atoms with E-state index in [1.54, 1.807) is 47.1 Å². The van der Waals surface area contributed by atoms with Gasteiger partial charge in [0.1, 0.15) is 0 Å². The maximum atomic E-state index is 12.8. The Morgan fingerprint density at radius 3 is 2.76 bits per heavy atom. The van der Waals surface area contributed by atoms with Gasteiger partial charge in [-0.15, -0.1) is 0 Å². The van der Waals surface area contributed by atoms with E-state index in [0.29, 0.717) is 30.8 Å². The molecule has 134 valence electrons. The molecule has 2 aromatic rings. The van der Waals surface area contributed by atoms with E-state index < -0.39 is 10.0 Å². The molecule has 0 atom stereocenters.